The van der Waals surface area contributed by atoms with Gasteiger partial charge in [-0.25, -0.2) is 0 Å². The molecular formula is C21H21ClN2O3. The van der Waals surface area contributed by atoms with Gasteiger partial charge in [0.2, 0.25) is 0 Å². The second kappa shape index (κ2) is 7.24. The van der Waals surface area contributed by atoms with Gasteiger partial charge < -0.3 is 0 Å². The number of nitrogens with zero attached hydrogens (tertiary/aromatic N) is 2. The fourth-order valence-corrected chi connectivity index (χ4v) is 3.43. The van der Waals surface area contributed by atoms with Crippen LogP contribution in [0.2, 0.25) is 5.02 Å². The molecule has 3 rings (SSSR count). The van der Waals surface area contributed by atoms with Crippen LogP contribution in [0.25, 0.3) is 0 Å². The molecule has 27 heavy (non-hydrogen) atoms. The fourth-order valence-electron chi connectivity index (χ4n) is 3.30. The van der Waals surface area contributed by atoms with Crippen molar-refractivity contribution in [1.82, 2.24) is 0 Å². The van der Waals surface area contributed by atoms with Gasteiger partial charge in [-0.05, 0) is 41.7 Å². The molecule has 0 saturated carbocycles. The van der Waals surface area contributed by atoms with Crippen LogP contribution in [0.15, 0.2) is 53.5 Å². The van der Waals surface area contributed by atoms with E-state index < -0.39 is 11.0 Å². The molecule has 0 saturated heterocycles. The van der Waals surface area contributed by atoms with E-state index in [9.17, 15) is 14.9 Å². The number of rotatable bonds is 4. The molecule has 0 bridgehead atoms. The topological polar surface area (TPSA) is 72.6 Å². The lowest BCUT2D eigenvalue weighted by molar-refractivity contribution is -0.384. The van der Waals surface area contributed by atoms with Crippen molar-refractivity contribution in [2.24, 2.45) is 10.4 Å². The number of benzene rings is 2. The molecule has 1 heterocycles. The maximum atomic E-state index is 13.1. The Morgan fingerprint density at radius 2 is 1.70 bits per heavy atom. The van der Waals surface area contributed by atoms with Gasteiger partial charge >= 0.3 is 0 Å². The van der Waals surface area contributed by atoms with Crippen molar-refractivity contribution < 1.29 is 9.72 Å². The minimum absolute atomic E-state index is 0.0364. The largest absolute Gasteiger partial charge is 0.292 e. The molecule has 140 valence electrons. The molecular weight excluding hydrogens is 364 g/mol. The SMILES string of the molecule is CC(C)(C)C1=NC(C(=O)c2ccc(Cl)cc2)C(c2ccc([N+](=O)[O-])cc2)C1. The lowest BCUT2D eigenvalue weighted by Gasteiger charge is -2.20. The van der Waals surface area contributed by atoms with Crippen LogP contribution in [-0.2, 0) is 0 Å². The fraction of sp³-hybridized carbons (Fsp3) is 0.333. The van der Waals surface area contributed by atoms with E-state index in [-0.39, 0.29) is 22.8 Å². The van der Waals surface area contributed by atoms with Crippen LogP contribution in [-0.4, -0.2) is 22.5 Å². The second-order valence-corrected chi connectivity index (χ2v) is 8.24. The molecule has 0 N–H and O–H groups in total. The summed E-state index contributed by atoms with van der Waals surface area (Å²) in [4.78, 5) is 28.4. The van der Waals surface area contributed by atoms with E-state index >= 15 is 0 Å². The van der Waals surface area contributed by atoms with Gasteiger partial charge in [-0.2, -0.15) is 0 Å². The summed E-state index contributed by atoms with van der Waals surface area (Å²) in [7, 11) is 0. The summed E-state index contributed by atoms with van der Waals surface area (Å²) in [5.41, 5.74) is 2.33. The van der Waals surface area contributed by atoms with Crippen molar-refractivity contribution in [2.45, 2.75) is 39.2 Å². The van der Waals surface area contributed by atoms with Gasteiger partial charge in [0.25, 0.3) is 5.69 Å². The predicted molar refractivity (Wildman–Crippen MR) is 107 cm³/mol. The van der Waals surface area contributed by atoms with Crippen LogP contribution in [0.5, 0.6) is 0 Å². The summed E-state index contributed by atoms with van der Waals surface area (Å²) >= 11 is 5.93. The molecule has 2 aromatic carbocycles. The van der Waals surface area contributed by atoms with E-state index in [2.05, 4.69) is 20.8 Å². The molecule has 2 unspecified atom stereocenters. The highest BCUT2D eigenvalue weighted by Crippen LogP contribution is 2.39. The van der Waals surface area contributed by atoms with Crippen LogP contribution in [0.1, 0.15) is 49.0 Å². The van der Waals surface area contributed by atoms with Gasteiger partial charge in [-0.15, -0.1) is 0 Å². The number of carbonyl (C=O) groups excluding carboxylic acids is 1. The normalized spacial score (nSPS) is 19.6. The molecule has 0 radical (unpaired) electrons. The number of ketones is 1. The van der Waals surface area contributed by atoms with E-state index in [1.807, 2.05) is 0 Å². The highest BCUT2D eigenvalue weighted by Gasteiger charge is 2.39. The average Bonchev–Trinajstić information content (AvgIpc) is 3.07. The van der Waals surface area contributed by atoms with Crippen molar-refractivity contribution in [3.8, 4) is 0 Å². The first-order chi connectivity index (χ1) is 12.7. The number of hydrogen-bond donors (Lipinski definition) is 0. The van der Waals surface area contributed by atoms with Gasteiger partial charge in [-0.3, -0.25) is 19.9 Å². The van der Waals surface area contributed by atoms with E-state index in [1.54, 1.807) is 36.4 Å². The number of nitro benzene ring substituents is 1. The number of carbonyl (C=O) groups is 1. The minimum atomic E-state index is -0.540. The Balaban J connectivity index is 1.97. The quantitative estimate of drug-likeness (QED) is 0.398. The molecule has 0 fully saturated rings. The van der Waals surface area contributed by atoms with Gasteiger partial charge in [-0.1, -0.05) is 44.5 Å². The Morgan fingerprint density at radius 1 is 1.11 bits per heavy atom. The van der Waals surface area contributed by atoms with E-state index in [0.717, 1.165) is 11.3 Å². The first-order valence-electron chi connectivity index (χ1n) is 8.78. The van der Waals surface area contributed by atoms with Crippen molar-refractivity contribution in [3.05, 3.63) is 74.8 Å². The lowest BCUT2D eigenvalue weighted by Crippen LogP contribution is -2.23. The van der Waals surface area contributed by atoms with E-state index in [1.165, 1.54) is 12.1 Å². The number of nitro groups is 1. The molecule has 6 heteroatoms. The summed E-state index contributed by atoms with van der Waals surface area (Å²) < 4.78 is 0. The van der Waals surface area contributed by atoms with Crippen LogP contribution in [0.4, 0.5) is 5.69 Å². The van der Waals surface area contributed by atoms with Crippen LogP contribution in [0.3, 0.4) is 0 Å². The first-order valence-corrected chi connectivity index (χ1v) is 9.16. The second-order valence-electron chi connectivity index (χ2n) is 7.80. The highest BCUT2D eigenvalue weighted by atomic mass is 35.5. The Bertz CT molecular complexity index is 897. The first kappa shape index (κ1) is 19.2. The highest BCUT2D eigenvalue weighted by molar-refractivity contribution is 6.30. The molecule has 1 aliphatic rings. The zero-order chi connectivity index (χ0) is 19.8. The average molecular weight is 385 g/mol. The number of halogens is 1. The summed E-state index contributed by atoms with van der Waals surface area (Å²) in [5, 5.41) is 11.5. The Morgan fingerprint density at radius 3 is 2.22 bits per heavy atom. The zero-order valence-electron chi connectivity index (χ0n) is 15.5. The predicted octanol–water partition coefficient (Wildman–Crippen LogP) is 5.47. The van der Waals surface area contributed by atoms with Crippen molar-refractivity contribution in [1.29, 1.82) is 0 Å². The number of Topliss-reactive ketones (excluding diaryl/α,β-unsaturated/α-hetero) is 1. The monoisotopic (exact) mass is 384 g/mol. The Kier molecular flexibility index (Phi) is 5.16. The minimum Gasteiger partial charge on any atom is -0.292 e. The maximum Gasteiger partial charge on any atom is 0.269 e. The smallest absolute Gasteiger partial charge is 0.269 e. The summed E-state index contributed by atoms with van der Waals surface area (Å²) in [6.07, 6.45) is 0.658. The molecule has 0 aliphatic carbocycles. The van der Waals surface area contributed by atoms with Crippen LogP contribution < -0.4 is 0 Å². The molecule has 1 aliphatic heterocycles. The number of aliphatic imine (C=N–C) groups is 1. The van der Waals surface area contributed by atoms with Crippen LogP contribution in [0, 0.1) is 15.5 Å². The molecule has 0 amide bonds. The third-order valence-electron chi connectivity index (χ3n) is 4.88. The standard InChI is InChI=1S/C21H21ClN2O3/c1-21(2,3)18-12-17(13-6-10-16(11-7-13)24(26)27)19(23-18)20(25)14-4-8-15(22)9-5-14/h4-11,17,19H,12H2,1-3H3. The van der Waals surface area contributed by atoms with Gasteiger partial charge in [0.05, 0.1) is 4.92 Å². The molecule has 5 nitrogen and oxygen atoms in total. The molecule has 2 aromatic rings. The lowest BCUT2D eigenvalue weighted by atomic mass is 9.81. The molecule has 2 atom stereocenters. The number of non-ortho nitro benzene ring substituents is 1. The van der Waals surface area contributed by atoms with Crippen molar-refractivity contribution in [3.63, 3.8) is 0 Å². The molecule has 0 spiro atoms. The van der Waals surface area contributed by atoms with Gasteiger partial charge in [0, 0.05) is 34.3 Å². The van der Waals surface area contributed by atoms with Crippen molar-refractivity contribution >= 4 is 28.8 Å². The number of hydrogen-bond acceptors (Lipinski definition) is 4. The van der Waals surface area contributed by atoms with Gasteiger partial charge in [0.15, 0.2) is 5.78 Å². The Labute approximate surface area is 163 Å². The summed E-state index contributed by atoms with van der Waals surface area (Å²) in [6, 6.07) is 12.7. The summed E-state index contributed by atoms with van der Waals surface area (Å²) in [6.45, 7) is 6.23. The van der Waals surface area contributed by atoms with E-state index in [4.69, 9.17) is 16.6 Å². The summed E-state index contributed by atoms with van der Waals surface area (Å²) in [5.74, 6) is -0.197. The van der Waals surface area contributed by atoms with E-state index in [0.29, 0.717) is 17.0 Å². The maximum absolute atomic E-state index is 13.1. The molecule has 0 aromatic heterocycles. The van der Waals surface area contributed by atoms with Crippen LogP contribution >= 0.6 is 11.6 Å². The third kappa shape index (κ3) is 4.08. The van der Waals surface area contributed by atoms with Gasteiger partial charge in [0.1, 0.15) is 6.04 Å². The Hall–Kier alpha value is -2.53. The zero-order valence-corrected chi connectivity index (χ0v) is 16.2. The van der Waals surface area contributed by atoms with Crippen molar-refractivity contribution in [2.75, 3.05) is 0 Å². The third-order valence-corrected chi connectivity index (χ3v) is 5.14.